The molecule has 1 N–H and O–H groups in total. The third kappa shape index (κ3) is 5.06. The molecule has 1 amide bonds. The van der Waals surface area contributed by atoms with Crippen LogP contribution in [0, 0.1) is 5.92 Å². The van der Waals surface area contributed by atoms with Gasteiger partial charge in [0, 0.05) is 35.5 Å². The fraction of sp³-hybridized carbons (Fsp3) is 0.217. The Bertz CT molecular complexity index is 1080. The lowest BCUT2D eigenvalue weighted by molar-refractivity contribution is -0.111. The molecule has 2 aliphatic rings. The van der Waals surface area contributed by atoms with E-state index in [9.17, 15) is 14.0 Å². The van der Waals surface area contributed by atoms with Gasteiger partial charge in [0.05, 0.1) is 21.9 Å². The first-order valence-corrected chi connectivity index (χ1v) is 10.7. The van der Waals surface area contributed by atoms with Gasteiger partial charge in [0.2, 0.25) is 0 Å². The van der Waals surface area contributed by atoms with E-state index < -0.39 is 11.7 Å². The first-order valence-electron chi connectivity index (χ1n) is 9.96. The molecule has 6 nitrogen and oxygen atoms in total. The Morgan fingerprint density at radius 2 is 2.00 bits per heavy atom. The van der Waals surface area contributed by atoms with Gasteiger partial charge in [-0.25, -0.2) is 9.38 Å². The number of nitrogens with zero attached hydrogens (tertiary/aromatic N) is 3. The van der Waals surface area contributed by atoms with E-state index in [-0.39, 0.29) is 39.3 Å². The number of benzene rings is 1. The Kier molecular flexibility index (Phi) is 7.77. The molecule has 0 aromatic heterocycles. The molecule has 32 heavy (non-hydrogen) atoms. The van der Waals surface area contributed by atoms with Gasteiger partial charge in [-0.15, -0.1) is 0 Å². The lowest BCUT2D eigenvalue weighted by Crippen LogP contribution is -2.33. The number of aliphatic imine (C=N–C) groups is 1. The fourth-order valence-electron chi connectivity index (χ4n) is 3.14. The van der Waals surface area contributed by atoms with Crippen molar-refractivity contribution in [3.63, 3.8) is 0 Å². The van der Waals surface area contributed by atoms with E-state index in [4.69, 9.17) is 23.2 Å². The van der Waals surface area contributed by atoms with Crippen molar-refractivity contribution < 1.29 is 14.0 Å². The number of amides is 1. The zero-order valence-electron chi connectivity index (χ0n) is 17.3. The van der Waals surface area contributed by atoms with Crippen molar-refractivity contribution in [2.75, 3.05) is 0 Å². The van der Waals surface area contributed by atoms with Crippen LogP contribution in [-0.2, 0) is 4.79 Å². The summed E-state index contributed by atoms with van der Waals surface area (Å²) in [5.74, 6) is -0.203. The standard InChI is InChI=1S/C23H21Cl2FN4O2/c1-3-6-15-16(19(31)11-12-26)13-30(23(32)20-17(24)7-5-8-18(20)25)22(15)29-28-21(27-4-2)14-9-10-14/h4-8,11-14H,2-3,9-10H2,1H3,(H,27,28)/b12-11-,15-6-,29-22?. The van der Waals surface area contributed by atoms with E-state index in [1.807, 2.05) is 6.92 Å². The van der Waals surface area contributed by atoms with Crippen molar-refractivity contribution in [1.82, 2.24) is 10.3 Å². The summed E-state index contributed by atoms with van der Waals surface area (Å²) in [5, 5.41) is 4.70. The maximum Gasteiger partial charge on any atom is 0.266 e. The maximum atomic E-state index is 13.4. The minimum absolute atomic E-state index is 0.0625. The average Bonchev–Trinajstić information content (AvgIpc) is 3.53. The summed E-state index contributed by atoms with van der Waals surface area (Å²) in [5.41, 5.74) is 3.46. The van der Waals surface area contributed by atoms with E-state index in [2.05, 4.69) is 22.1 Å². The number of amidine groups is 2. The molecular weight excluding hydrogens is 454 g/mol. The zero-order valence-corrected chi connectivity index (χ0v) is 18.8. The quantitative estimate of drug-likeness (QED) is 0.242. The Balaban J connectivity index is 2.10. The first-order chi connectivity index (χ1) is 15.4. The van der Waals surface area contributed by atoms with Crippen molar-refractivity contribution in [3.8, 4) is 0 Å². The molecule has 0 unspecified atom stereocenters. The highest BCUT2D eigenvalue weighted by Gasteiger charge is 2.35. The molecule has 166 valence electrons. The molecule has 9 heteroatoms. The molecule has 0 atom stereocenters. The van der Waals surface area contributed by atoms with Crippen LogP contribution in [0.5, 0.6) is 0 Å². The van der Waals surface area contributed by atoms with Crippen LogP contribution in [-0.4, -0.2) is 28.3 Å². The SMILES string of the molecule is C=CN=C(NN=C1/C(=C\CC)C(C(=O)/C=C\F)=CN1C(=O)c1c(Cl)cccc1Cl)C1CC1. The van der Waals surface area contributed by atoms with Crippen LogP contribution in [0.25, 0.3) is 0 Å². The molecule has 0 radical (unpaired) electrons. The molecular formula is C23H21Cl2FN4O2. The highest BCUT2D eigenvalue weighted by atomic mass is 35.5. The number of hydrogen-bond acceptors (Lipinski definition) is 4. The second-order valence-corrected chi connectivity index (χ2v) is 7.83. The molecule has 1 heterocycles. The van der Waals surface area contributed by atoms with Crippen molar-refractivity contribution in [3.05, 3.63) is 82.4 Å². The molecule has 0 saturated heterocycles. The third-order valence-electron chi connectivity index (χ3n) is 4.77. The van der Waals surface area contributed by atoms with E-state index in [0.29, 0.717) is 17.8 Å². The van der Waals surface area contributed by atoms with Crippen molar-refractivity contribution in [1.29, 1.82) is 0 Å². The fourth-order valence-corrected chi connectivity index (χ4v) is 3.70. The second-order valence-electron chi connectivity index (χ2n) is 7.02. The van der Waals surface area contributed by atoms with Crippen molar-refractivity contribution in [2.24, 2.45) is 16.0 Å². The maximum absolute atomic E-state index is 13.4. The summed E-state index contributed by atoms with van der Waals surface area (Å²) in [6, 6.07) is 4.70. The predicted octanol–water partition coefficient (Wildman–Crippen LogP) is 5.58. The topological polar surface area (TPSA) is 74.1 Å². The van der Waals surface area contributed by atoms with Crippen LogP contribution in [0.2, 0.25) is 10.0 Å². The number of ketones is 1. The summed E-state index contributed by atoms with van der Waals surface area (Å²) in [6.45, 7) is 5.48. The van der Waals surface area contributed by atoms with Crippen molar-refractivity contribution in [2.45, 2.75) is 26.2 Å². The smallest absolute Gasteiger partial charge is 0.266 e. The molecule has 3 rings (SSSR count). The lowest BCUT2D eigenvalue weighted by Gasteiger charge is -2.18. The summed E-state index contributed by atoms with van der Waals surface area (Å²) in [4.78, 5) is 31.3. The van der Waals surface area contributed by atoms with Gasteiger partial charge in [-0.2, -0.15) is 5.10 Å². The highest BCUT2D eigenvalue weighted by Crippen LogP contribution is 2.32. The van der Waals surface area contributed by atoms with Gasteiger partial charge in [-0.05, 0) is 31.4 Å². The Hall–Kier alpha value is -3.03. The largest absolute Gasteiger partial charge is 0.289 e. The van der Waals surface area contributed by atoms with Crippen LogP contribution < -0.4 is 5.43 Å². The number of rotatable bonds is 7. The molecule has 0 bridgehead atoms. The number of carbonyl (C=O) groups excluding carboxylic acids is 2. The van der Waals surface area contributed by atoms with Gasteiger partial charge in [0.15, 0.2) is 11.6 Å². The Labute approximate surface area is 195 Å². The summed E-state index contributed by atoms with van der Waals surface area (Å²) >= 11 is 12.5. The number of allylic oxidation sites excluding steroid dienone is 2. The van der Waals surface area contributed by atoms with E-state index in [1.54, 1.807) is 12.1 Å². The van der Waals surface area contributed by atoms with Gasteiger partial charge in [-0.1, -0.05) is 48.8 Å². The molecule has 1 aromatic rings. The average molecular weight is 475 g/mol. The van der Waals surface area contributed by atoms with Crippen LogP contribution in [0.4, 0.5) is 4.39 Å². The molecule has 1 aliphatic carbocycles. The van der Waals surface area contributed by atoms with E-state index in [1.165, 1.54) is 29.4 Å². The molecule has 1 aromatic carbocycles. The summed E-state index contributed by atoms with van der Waals surface area (Å²) < 4.78 is 12.7. The molecule has 0 spiro atoms. The normalized spacial score (nSPS) is 19.1. The predicted molar refractivity (Wildman–Crippen MR) is 125 cm³/mol. The van der Waals surface area contributed by atoms with Crippen LogP contribution in [0.1, 0.15) is 36.5 Å². The van der Waals surface area contributed by atoms with Gasteiger partial charge in [-0.3, -0.25) is 19.9 Å². The van der Waals surface area contributed by atoms with Gasteiger partial charge >= 0.3 is 0 Å². The second kappa shape index (κ2) is 10.5. The minimum atomic E-state index is -0.609. The Morgan fingerprint density at radius 3 is 2.56 bits per heavy atom. The Morgan fingerprint density at radius 1 is 1.31 bits per heavy atom. The van der Waals surface area contributed by atoms with Gasteiger partial charge in [0.1, 0.15) is 5.84 Å². The first kappa shape index (κ1) is 23.6. The third-order valence-corrected chi connectivity index (χ3v) is 5.40. The van der Waals surface area contributed by atoms with E-state index >= 15 is 0 Å². The summed E-state index contributed by atoms with van der Waals surface area (Å²) in [7, 11) is 0. The molecule has 1 saturated carbocycles. The number of carbonyl (C=O) groups is 2. The zero-order chi connectivity index (χ0) is 23.3. The lowest BCUT2D eigenvalue weighted by atomic mass is 10.0. The highest BCUT2D eigenvalue weighted by molar-refractivity contribution is 6.40. The molecule has 1 aliphatic heterocycles. The molecule has 1 fully saturated rings. The summed E-state index contributed by atoms with van der Waals surface area (Å²) in [6.07, 6.45) is 7.86. The van der Waals surface area contributed by atoms with Gasteiger partial charge in [0.25, 0.3) is 5.91 Å². The number of nitrogens with one attached hydrogen (secondary N) is 1. The monoisotopic (exact) mass is 474 g/mol. The van der Waals surface area contributed by atoms with Gasteiger partial charge < -0.3 is 0 Å². The van der Waals surface area contributed by atoms with Crippen LogP contribution in [0.3, 0.4) is 0 Å². The number of halogens is 3. The minimum Gasteiger partial charge on any atom is -0.289 e. The number of hydrazone groups is 1. The van der Waals surface area contributed by atoms with Crippen LogP contribution >= 0.6 is 23.2 Å². The van der Waals surface area contributed by atoms with Crippen LogP contribution in [0.15, 0.2) is 76.9 Å². The van der Waals surface area contributed by atoms with E-state index in [0.717, 1.165) is 18.9 Å². The number of hydrogen-bond donors (Lipinski definition) is 1. The van der Waals surface area contributed by atoms with Crippen molar-refractivity contribution >= 4 is 46.6 Å².